The number of nitrogens with zero attached hydrogens (tertiary/aromatic N) is 3. The average molecular weight is 348 g/mol. The third-order valence-electron chi connectivity index (χ3n) is 4.64. The van der Waals surface area contributed by atoms with Crippen LogP contribution in [0.15, 0.2) is 54.7 Å². The van der Waals surface area contributed by atoms with Gasteiger partial charge in [0.2, 0.25) is 0 Å². The molecule has 5 nitrogen and oxygen atoms in total. The molecule has 6 heteroatoms. The number of piperazine rings is 1. The predicted octanol–water partition coefficient (Wildman–Crippen LogP) is 2.63. The third-order valence-corrected chi connectivity index (χ3v) is 4.64. The topological polar surface area (TPSA) is 56.7 Å². The minimum Gasteiger partial charge on any atom is -0.480 e. The van der Waals surface area contributed by atoms with Crippen molar-refractivity contribution in [2.45, 2.75) is 12.5 Å². The van der Waals surface area contributed by atoms with Gasteiger partial charge in [0.1, 0.15) is 11.4 Å². The summed E-state index contributed by atoms with van der Waals surface area (Å²) in [6.07, 6.45) is 1.78. The Hall–Kier alpha value is -2.11. The predicted molar refractivity (Wildman–Crippen MR) is 96.7 cm³/mol. The van der Waals surface area contributed by atoms with E-state index in [4.69, 9.17) is 0 Å². The quantitative estimate of drug-likeness (QED) is 0.921. The number of aromatic nitrogens is 1. The van der Waals surface area contributed by atoms with Gasteiger partial charge in [0.05, 0.1) is 0 Å². The molecule has 0 spiro atoms. The van der Waals surface area contributed by atoms with Gasteiger partial charge in [0, 0.05) is 32.4 Å². The molecule has 1 saturated heterocycles. The van der Waals surface area contributed by atoms with Crippen LogP contribution in [0, 0.1) is 0 Å². The highest BCUT2D eigenvalue weighted by Gasteiger charge is 2.42. The Bertz CT molecular complexity index is 660. The van der Waals surface area contributed by atoms with Crippen LogP contribution in [0.3, 0.4) is 0 Å². The van der Waals surface area contributed by atoms with E-state index >= 15 is 0 Å². The first-order valence-corrected chi connectivity index (χ1v) is 7.82. The van der Waals surface area contributed by atoms with Crippen LogP contribution in [0.1, 0.15) is 12.5 Å². The highest BCUT2D eigenvalue weighted by Crippen LogP contribution is 2.30. The van der Waals surface area contributed by atoms with Gasteiger partial charge in [-0.05, 0) is 24.6 Å². The van der Waals surface area contributed by atoms with E-state index < -0.39 is 11.5 Å². The molecule has 0 amide bonds. The van der Waals surface area contributed by atoms with E-state index in [9.17, 15) is 9.90 Å². The van der Waals surface area contributed by atoms with Crippen molar-refractivity contribution in [1.29, 1.82) is 0 Å². The average Bonchev–Trinajstić information content (AvgIpc) is 2.62. The van der Waals surface area contributed by atoms with Gasteiger partial charge in [-0.15, -0.1) is 12.4 Å². The molecule has 1 fully saturated rings. The number of pyridine rings is 1. The molecule has 2 heterocycles. The Morgan fingerprint density at radius 1 is 1.04 bits per heavy atom. The van der Waals surface area contributed by atoms with Gasteiger partial charge < -0.3 is 10.0 Å². The number of carboxylic acids is 1. The Kier molecular flexibility index (Phi) is 5.80. The summed E-state index contributed by atoms with van der Waals surface area (Å²) in [5.74, 6) is 0.138. The Morgan fingerprint density at radius 2 is 1.67 bits per heavy atom. The van der Waals surface area contributed by atoms with Gasteiger partial charge in [-0.1, -0.05) is 36.4 Å². The summed E-state index contributed by atoms with van der Waals surface area (Å²) in [7, 11) is 0. The molecule has 1 unspecified atom stereocenters. The smallest absolute Gasteiger partial charge is 0.328 e. The van der Waals surface area contributed by atoms with Crippen molar-refractivity contribution in [1.82, 2.24) is 9.88 Å². The number of carbonyl (C=O) groups is 1. The maximum Gasteiger partial charge on any atom is 0.328 e. The molecule has 1 aliphatic rings. The summed E-state index contributed by atoms with van der Waals surface area (Å²) in [6, 6.07) is 15.3. The van der Waals surface area contributed by atoms with Crippen LogP contribution < -0.4 is 4.90 Å². The molecule has 1 atom stereocenters. The van der Waals surface area contributed by atoms with Crippen molar-refractivity contribution < 1.29 is 9.90 Å². The van der Waals surface area contributed by atoms with Crippen LogP contribution >= 0.6 is 12.4 Å². The lowest BCUT2D eigenvalue weighted by Gasteiger charge is -2.44. The first-order valence-electron chi connectivity index (χ1n) is 7.82. The number of hydrogen-bond acceptors (Lipinski definition) is 4. The molecule has 3 rings (SSSR count). The molecule has 1 aliphatic heterocycles. The lowest BCUT2D eigenvalue weighted by atomic mass is 9.89. The van der Waals surface area contributed by atoms with Gasteiger partial charge in [-0.25, -0.2) is 9.78 Å². The van der Waals surface area contributed by atoms with Gasteiger partial charge >= 0.3 is 5.97 Å². The number of rotatable bonds is 4. The van der Waals surface area contributed by atoms with Gasteiger partial charge in [0.25, 0.3) is 0 Å². The Labute approximate surface area is 148 Å². The summed E-state index contributed by atoms with van der Waals surface area (Å²) in [4.78, 5) is 20.6. The first-order chi connectivity index (χ1) is 11.1. The molecule has 1 aromatic heterocycles. The fourth-order valence-corrected chi connectivity index (χ4v) is 3.13. The molecule has 1 aromatic carbocycles. The fraction of sp³-hybridized carbons (Fsp3) is 0.333. The highest BCUT2D eigenvalue weighted by molar-refractivity contribution is 5.85. The summed E-state index contributed by atoms with van der Waals surface area (Å²) in [6.45, 7) is 4.71. The maximum atomic E-state index is 12.0. The van der Waals surface area contributed by atoms with Gasteiger partial charge in [-0.2, -0.15) is 0 Å². The van der Waals surface area contributed by atoms with Crippen LogP contribution in [0.2, 0.25) is 0 Å². The van der Waals surface area contributed by atoms with Crippen molar-refractivity contribution in [3.05, 3.63) is 60.3 Å². The monoisotopic (exact) mass is 347 g/mol. The zero-order valence-electron chi connectivity index (χ0n) is 13.6. The number of anilines is 1. The normalized spacial score (nSPS) is 17.6. The second-order valence-corrected chi connectivity index (χ2v) is 5.91. The molecule has 2 aromatic rings. The van der Waals surface area contributed by atoms with E-state index in [0.717, 1.165) is 24.5 Å². The molecule has 0 aliphatic carbocycles. The number of hydrogen-bond donors (Lipinski definition) is 1. The summed E-state index contributed by atoms with van der Waals surface area (Å²) in [5, 5.41) is 9.85. The molecule has 0 saturated carbocycles. The van der Waals surface area contributed by atoms with E-state index in [2.05, 4.69) is 9.88 Å². The Morgan fingerprint density at radius 3 is 2.21 bits per heavy atom. The van der Waals surface area contributed by atoms with E-state index in [-0.39, 0.29) is 12.4 Å². The van der Waals surface area contributed by atoms with E-state index in [0.29, 0.717) is 13.1 Å². The lowest BCUT2D eigenvalue weighted by molar-refractivity contribution is -0.151. The fourth-order valence-electron chi connectivity index (χ4n) is 3.13. The second-order valence-electron chi connectivity index (χ2n) is 5.91. The SMILES string of the molecule is CC(C(=O)O)(c1ccccc1)N1CCN(c2ccccn2)CC1.Cl. The number of halogens is 1. The maximum absolute atomic E-state index is 12.0. The lowest BCUT2D eigenvalue weighted by Crippen LogP contribution is -2.57. The molecule has 1 N–H and O–H groups in total. The van der Waals surface area contributed by atoms with E-state index in [1.807, 2.05) is 53.4 Å². The number of benzene rings is 1. The number of carboxylic acid groups (broad SMARTS) is 1. The molecular formula is C18H22ClN3O2. The van der Waals surface area contributed by atoms with E-state index in [1.54, 1.807) is 13.1 Å². The van der Waals surface area contributed by atoms with Crippen LogP contribution in [0.4, 0.5) is 5.82 Å². The summed E-state index contributed by atoms with van der Waals surface area (Å²) < 4.78 is 0. The first kappa shape index (κ1) is 18.2. The minimum absolute atomic E-state index is 0. The largest absolute Gasteiger partial charge is 0.480 e. The van der Waals surface area contributed by atoms with Gasteiger partial charge in [-0.3, -0.25) is 4.90 Å². The van der Waals surface area contributed by atoms with Crippen LogP contribution in [0.25, 0.3) is 0 Å². The van der Waals surface area contributed by atoms with Crippen molar-refractivity contribution in [3.8, 4) is 0 Å². The molecular weight excluding hydrogens is 326 g/mol. The van der Waals surface area contributed by atoms with Gasteiger partial charge in [0.15, 0.2) is 0 Å². The van der Waals surface area contributed by atoms with Crippen LogP contribution in [-0.4, -0.2) is 47.1 Å². The van der Waals surface area contributed by atoms with Crippen molar-refractivity contribution in [2.75, 3.05) is 31.1 Å². The number of aliphatic carboxylic acids is 1. The van der Waals surface area contributed by atoms with Crippen molar-refractivity contribution >= 4 is 24.2 Å². The van der Waals surface area contributed by atoms with Crippen molar-refractivity contribution in [3.63, 3.8) is 0 Å². The minimum atomic E-state index is -1.00. The molecule has 24 heavy (non-hydrogen) atoms. The third kappa shape index (κ3) is 3.37. The van der Waals surface area contributed by atoms with Crippen molar-refractivity contribution in [2.24, 2.45) is 0 Å². The molecule has 0 radical (unpaired) electrons. The molecule has 0 bridgehead atoms. The highest BCUT2D eigenvalue weighted by atomic mass is 35.5. The van der Waals surface area contributed by atoms with E-state index in [1.165, 1.54) is 0 Å². The zero-order valence-corrected chi connectivity index (χ0v) is 14.4. The Balaban J connectivity index is 0.00000208. The second kappa shape index (κ2) is 7.64. The molecule has 128 valence electrons. The standard InChI is InChI=1S/C18H21N3O2.ClH/c1-18(17(22)23,15-7-3-2-4-8-15)21-13-11-20(12-14-21)16-9-5-6-10-19-16;/h2-10H,11-14H2,1H3,(H,22,23);1H. The zero-order chi connectivity index (χ0) is 16.3. The van der Waals surface area contributed by atoms with Crippen LogP contribution in [-0.2, 0) is 10.3 Å². The summed E-state index contributed by atoms with van der Waals surface area (Å²) in [5.41, 5.74) is -0.184. The van der Waals surface area contributed by atoms with Crippen LogP contribution in [0.5, 0.6) is 0 Å². The summed E-state index contributed by atoms with van der Waals surface area (Å²) >= 11 is 0.